The molecule has 2 fully saturated rings. The number of nitrogens with zero attached hydrogens (tertiary/aromatic N) is 3. The molecule has 1 aliphatic heterocycles. The fourth-order valence-electron chi connectivity index (χ4n) is 3.38. The molecule has 2 aliphatic rings. The minimum atomic E-state index is -0.795. The number of urea groups is 1. The smallest absolute Gasteiger partial charge is 0.323 e. The molecule has 2 heterocycles. The van der Waals surface area contributed by atoms with Crippen LogP contribution in [0.3, 0.4) is 0 Å². The summed E-state index contributed by atoms with van der Waals surface area (Å²) < 4.78 is 8.26. The summed E-state index contributed by atoms with van der Waals surface area (Å²) >= 11 is 1.06. The SMILES string of the molecule is O=C(CN1C(=O)NC2(CCCC2)C1=O)Nc1cccc2nsnc12. The molecule has 8 nitrogen and oxygen atoms in total. The molecule has 2 aromatic rings. The van der Waals surface area contributed by atoms with Crippen molar-refractivity contribution in [3.8, 4) is 0 Å². The lowest BCUT2D eigenvalue weighted by Gasteiger charge is -2.19. The highest BCUT2D eigenvalue weighted by Gasteiger charge is 2.52. The van der Waals surface area contributed by atoms with Crippen LogP contribution in [0.4, 0.5) is 10.5 Å². The van der Waals surface area contributed by atoms with Crippen LogP contribution in [-0.2, 0) is 9.59 Å². The van der Waals surface area contributed by atoms with E-state index in [1.54, 1.807) is 18.2 Å². The molecule has 4 rings (SSSR count). The molecule has 1 aromatic heterocycles. The minimum Gasteiger partial charge on any atom is -0.323 e. The van der Waals surface area contributed by atoms with Crippen LogP contribution in [0.25, 0.3) is 11.0 Å². The van der Waals surface area contributed by atoms with E-state index >= 15 is 0 Å². The van der Waals surface area contributed by atoms with Crippen molar-refractivity contribution < 1.29 is 14.4 Å². The van der Waals surface area contributed by atoms with Crippen molar-refractivity contribution in [3.05, 3.63) is 18.2 Å². The lowest BCUT2D eigenvalue weighted by Crippen LogP contribution is -2.44. The van der Waals surface area contributed by atoms with E-state index < -0.39 is 17.5 Å². The van der Waals surface area contributed by atoms with Gasteiger partial charge in [-0.1, -0.05) is 18.9 Å². The zero-order valence-corrected chi connectivity index (χ0v) is 13.6. The average molecular weight is 345 g/mol. The van der Waals surface area contributed by atoms with Gasteiger partial charge >= 0.3 is 6.03 Å². The molecule has 0 radical (unpaired) electrons. The lowest BCUT2D eigenvalue weighted by atomic mass is 9.98. The van der Waals surface area contributed by atoms with Crippen LogP contribution in [0.5, 0.6) is 0 Å². The fourth-order valence-corrected chi connectivity index (χ4v) is 3.93. The Bertz CT molecular complexity index is 843. The van der Waals surface area contributed by atoms with Gasteiger partial charge in [0.25, 0.3) is 5.91 Å². The van der Waals surface area contributed by atoms with Gasteiger partial charge in [0.05, 0.1) is 17.4 Å². The molecule has 1 aromatic carbocycles. The Morgan fingerprint density at radius 3 is 2.88 bits per heavy atom. The molecule has 1 aliphatic carbocycles. The van der Waals surface area contributed by atoms with Gasteiger partial charge in [-0.2, -0.15) is 8.75 Å². The molecule has 1 saturated carbocycles. The van der Waals surface area contributed by atoms with Crippen molar-refractivity contribution in [2.24, 2.45) is 0 Å². The maximum Gasteiger partial charge on any atom is 0.325 e. The summed E-state index contributed by atoms with van der Waals surface area (Å²) in [7, 11) is 0. The van der Waals surface area contributed by atoms with Crippen molar-refractivity contribution in [2.75, 3.05) is 11.9 Å². The molecule has 0 bridgehead atoms. The Kier molecular flexibility index (Phi) is 3.45. The van der Waals surface area contributed by atoms with Gasteiger partial charge in [0, 0.05) is 0 Å². The number of anilines is 1. The van der Waals surface area contributed by atoms with Crippen molar-refractivity contribution in [2.45, 2.75) is 31.2 Å². The zero-order chi connectivity index (χ0) is 16.7. The normalized spacial score (nSPS) is 19.2. The fraction of sp³-hybridized carbons (Fsp3) is 0.400. The first-order chi connectivity index (χ1) is 11.6. The number of amides is 4. The Balaban J connectivity index is 1.49. The number of hydrogen-bond acceptors (Lipinski definition) is 6. The number of rotatable bonds is 3. The zero-order valence-electron chi connectivity index (χ0n) is 12.7. The second-order valence-electron chi connectivity index (χ2n) is 6.10. The summed E-state index contributed by atoms with van der Waals surface area (Å²) in [6.07, 6.45) is 3.09. The Labute approximate surface area is 141 Å². The summed E-state index contributed by atoms with van der Waals surface area (Å²) in [6, 6.07) is 4.79. The summed E-state index contributed by atoms with van der Waals surface area (Å²) in [4.78, 5) is 37.9. The number of benzene rings is 1. The summed E-state index contributed by atoms with van der Waals surface area (Å²) in [6.45, 7) is -0.305. The van der Waals surface area contributed by atoms with Crippen molar-refractivity contribution in [1.82, 2.24) is 19.0 Å². The predicted octanol–water partition coefficient (Wildman–Crippen LogP) is 1.49. The summed E-state index contributed by atoms with van der Waals surface area (Å²) in [5.74, 6) is -0.734. The molecule has 1 spiro atoms. The van der Waals surface area contributed by atoms with Gasteiger partial charge in [0.15, 0.2) is 0 Å². The van der Waals surface area contributed by atoms with Crippen molar-refractivity contribution in [3.63, 3.8) is 0 Å². The first-order valence-electron chi connectivity index (χ1n) is 7.74. The highest BCUT2D eigenvalue weighted by molar-refractivity contribution is 7.00. The molecular weight excluding hydrogens is 330 g/mol. The van der Waals surface area contributed by atoms with E-state index in [1.165, 1.54) is 0 Å². The monoisotopic (exact) mass is 345 g/mol. The van der Waals surface area contributed by atoms with Crippen LogP contribution < -0.4 is 10.6 Å². The van der Waals surface area contributed by atoms with E-state index in [2.05, 4.69) is 19.4 Å². The number of imide groups is 1. The van der Waals surface area contributed by atoms with E-state index in [1.807, 2.05) is 0 Å². The molecule has 2 N–H and O–H groups in total. The maximum atomic E-state index is 12.5. The van der Waals surface area contributed by atoms with Gasteiger partial charge in [0.2, 0.25) is 5.91 Å². The van der Waals surface area contributed by atoms with Gasteiger partial charge in [0.1, 0.15) is 23.1 Å². The Hall–Kier alpha value is -2.55. The number of hydrogen-bond donors (Lipinski definition) is 2. The lowest BCUT2D eigenvalue weighted by molar-refractivity contribution is -0.133. The van der Waals surface area contributed by atoms with E-state index in [0.717, 1.165) is 29.5 Å². The van der Waals surface area contributed by atoms with Gasteiger partial charge in [-0.25, -0.2) is 4.79 Å². The number of carbonyl (C=O) groups is 3. The highest BCUT2D eigenvalue weighted by Crippen LogP contribution is 2.35. The standard InChI is InChI=1S/C15H15N5O3S/c21-11(16-9-4-3-5-10-12(9)19-24-18-10)8-20-13(22)15(17-14(20)23)6-1-2-7-15/h3-5H,1-2,6-8H2,(H,16,21)(H,17,23). The van der Waals surface area contributed by atoms with Gasteiger partial charge in [-0.15, -0.1) is 0 Å². The first kappa shape index (κ1) is 15.0. The van der Waals surface area contributed by atoms with E-state index in [9.17, 15) is 14.4 Å². The molecule has 0 unspecified atom stereocenters. The molecule has 1 saturated heterocycles. The maximum absolute atomic E-state index is 12.5. The van der Waals surface area contributed by atoms with Crippen LogP contribution in [0.1, 0.15) is 25.7 Å². The third-order valence-electron chi connectivity index (χ3n) is 4.56. The molecule has 24 heavy (non-hydrogen) atoms. The quantitative estimate of drug-likeness (QED) is 0.820. The molecule has 9 heteroatoms. The van der Waals surface area contributed by atoms with E-state index in [4.69, 9.17) is 0 Å². The van der Waals surface area contributed by atoms with Gasteiger partial charge in [-0.05, 0) is 25.0 Å². The predicted molar refractivity (Wildman–Crippen MR) is 87.5 cm³/mol. The number of carbonyl (C=O) groups excluding carboxylic acids is 3. The van der Waals surface area contributed by atoms with Crippen LogP contribution in [0, 0.1) is 0 Å². The van der Waals surface area contributed by atoms with E-state index in [0.29, 0.717) is 29.6 Å². The Morgan fingerprint density at radius 1 is 1.29 bits per heavy atom. The van der Waals surface area contributed by atoms with Crippen LogP contribution in [0.15, 0.2) is 18.2 Å². The van der Waals surface area contributed by atoms with Crippen molar-refractivity contribution in [1.29, 1.82) is 0 Å². The third kappa shape index (κ3) is 2.32. The summed E-state index contributed by atoms with van der Waals surface area (Å²) in [5, 5.41) is 5.47. The van der Waals surface area contributed by atoms with Crippen LogP contribution in [-0.4, -0.2) is 43.6 Å². The number of nitrogens with one attached hydrogen (secondary N) is 2. The number of aromatic nitrogens is 2. The molecule has 4 amide bonds. The number of fused-ring (bicyclic) bond motifs is 1. The molecule has 124 valence electrons. The second kappa shape index (κ2) is 5.52. The summed E-state index contributed by atoms with van der Waals surface area (Å²) in [5.41, 5.74) is 1.02. The van der Waals surface area contributed by atoms with E-state index in [-0.39, 0.29) is 12.5 Å². The van der Waals surface area contributed by atoms with Crippen LogP contribution in [0.2, 0.25) is 0 Å². The van der Waals surface area contributed by atoms with Crippen molar-refractivity contribution >= 4 is 46.3 Å². The largest absolute Gasteiger partial charge is 0.325 e. The van der Waals surface area contributed by atoms with Gasteiger partial charge in [-0.3, -0.25) is 14.5 Å². The van der Waals surface area contributed by atoms with Crippen LogP contribution >= 0.6 is 11.7 Å². The third-order valence-corrected chi connectivity index (χ3v) is 5.11. The molecule has 0 atom stereocenters. The average Bonchev–Trinajstić information content (AvgIpc) is 3.25. The first-order valence-corrected chi connectivity index (χ1v) is 8.47. The topological polar surface area (TPSA) is 104 Å². The second-order valence-corrected chi connectivity index (χ2v) is 6.62. The Morgan fingerprint density at radius 2 is 2.08 bits per heavy atom. The molecular formula is C15H15N5O3S. The highest BCUT2D eigenvalue weighted by atomic mass is 32.1. The minimum absolute atomic E-state index is 0.298. The van der Waals surface area contributed by atoms with Gasteiger partial charge < -0.3 is 10.6 Å².